The molecule has 2 aromatic heterocycles. The van der Waals surface area contributed by atoms with Crippen LogP contribution in [0.2, 0.25) is 0 Å². The van der Waals surface area contributed by atoms with Gasteiger partial charge in [0.05, 0.1) is 12.5 Å². The van der Waals surface area contributed by atoms with Crippen LogP contribution in [0.3, 0.4) is 0 Å². The van der Waals surface area contributed by atoms with E-state index in [9.17, 15) is 17.6 Å². The van der Waals surface area contributed by atoms with Gasteiger partial charge in [0.15, 0.2) is 0 Å². The van der Waals surface area contributed by atoms with E-state index >= 15 is 0 Å². The van der Waals surface area contributed by atoms with Gasteiger partial charge in [-0.1, -0.05) is 54.6 Å². The summed E-state index contributed by atoms with van der Waals surface area (Å²) in [4.78, 5) is 17.1. The first-order chi connectivity index (χ1) is 18.9. The lowest BCUT2D eigenvalue weighted by atomic mass is 10.0. The first-order valence-corrected chi connectivity index (χ1v) is 13.7. The topological polar surface area (TPSA) is 106 Å². The van der Waals surface area contributed by atoms with Crippen LogP contribution in [0.25, 0.3) is 16.8 Å². The molecule has 1 aliphatic rings. The molecule has 5 aromatic rings. The largest absolute Gasteiger partial charge is 0.472 e. The summed E-state index contributed by atoms with van der Waals surface area (Å²) in [5.74, 6) is -0.562. The number of rotatable bonds is 7. The second kappa shape index (κ2) is 9.55. The Balaban J connectivity index is 1.33. The van der Waals surface area contributed by atoms with E-state index in [1.54, 1.807) is 24.9 Å². The van der Waals surface area contributed by atoms with Crippen LogP contribution in [0.15, 0.2) is 119 Å². The third kappa shape index (κ3) is 4.59. The fourth-order valence-electron chi connectivity index (χ4n) is 4.94. The Labute approximate surface area is 224 Å². The van der Waals surface area contributed by atoms with Crippen LogP contribution < -0.4 is 10.0 Å². The van der Waals surface area contributed by atoms with E-state index in [0.717, 1.165) is 34.5 Å². The van der Waals surface area contributed by atoms with Gasteiger partial charge in [0, 0.05) is 29.6 Å². The molecular weight excluding hydrogens is 519 g/mol. The number of aromatic nitrogens is 2. The summed E-state index contributed by atoms with van der Waals surface area (Å²) >= 11 is 0. The highest BCUT2D eigenvalue weighted by Gasteiger charge is 2.60. The number of sulfonamides is 1. The maximum atomic E-state index is 14.2. The maximum absolute atomic E-state index is 14.2. The molecule has 0 bridgehead atoms. The van der Waals surface area contributed by atoms with Crippen LogP contribution in [-0.2, 0) is 15.6 Å². The Bertz CT molecular complexity index is 1740. The monoisotopic (exact) mass is 542 g/mol. The van der Waals surface area contributed by atoms with Gasteiger partial charge in [-0.25, -0.2) is 27.3 Å². The van der Waals surface area contributed by atoms with E-state index < -0.39 is 32.3 Å². The number of hydrogen-bond acceptors (Lipinski definition) is 5. The normalized spacial score (nSPS) is 18.4. The molecule has 1 aliphatic carbocycles. The number of imidazole rings is 1. The average Bonchev–Trinajstić information content (AvgIpc) is 3.30. The van der Waals surface area contributed by atoms with E-state index in [4.69, 9.17) is 4.42 Å². The van der Waals surface area contributed by atoms with Gasteiger partial charge < -0.3 is 14.3 Å². The van der Waals surface area contributed by atoms with Gasteiger partial charge in [0.2, 0.25) is 0 Å². The van der Waals surface area contributed by atoms with Crippen LogP contribution in [0.4, 0.5) is 9.18 Å². The van der Waals surface area contributed by atoms with Crippen molar-refractivity contribution in [2.45, 2.75) is 22.8 Å². The van der Waals surface area contributed by atoms with Gasteiger partial charge in [-0.2, -0.15) is 0 Å². The molecule has 2 heterocycles. The van der Waals surface area contributed by atoms with Crippen molar-refractivity contribution < 1.29 is 22.0 Å². The fraction of sp³-hybridized carbons (Fsp3) is 0.103. The Morgan fingerprint density at radius 2 is 1.72 bits per heavy atom. The number of furan rings is 1. The van der Waals surface area contributed by atoms with Crippen molar-refractivity contribution in [1.29, 1.82) is 0 Å². The molecule has 2 N–H and O–H groups in total. The van der Waals surface area contributed by atoms with Gasteiger partial charge in [0.25, 0.3) is 10.0 Å². The third-order valence-electron chi connectivity index (χ3n) is 6.89. The van der Waals surface area contributed by atoms with Crippen LogP contribution in [0, 0.1) is 5.82 Å². The average molecular weight is 543 g/mol. The van der Waals surface area contributed by atoms with Crippen molar-refractivity contribution >= 4 is 16.1 Å². The molecule has 3 aromatic carbocycles. The molecule has 196 valence electrons. The number of nitrogens with zero attached hydrogens (tertiary/aromatic N) is 2. The SMILES string of the molecule is O=C(N[C@@]1(c2nccn2-c2ccc(-c3ccoc3)cc2)CC1c1ccccc1)NS(=O)(=O)c1ccccc1F. The number of hydrogen-bond donors (Lipinski definition) is 2. The Hall–Kier alpha value is -4.70. The van der Waals surface area contributed by atoms with Crippen LogP contribution >= 0.6 is 0 Å². The number of urea groups is 1. The number of carbonyl (C=O) groups excluding carboxylic acids is 1. The first kappa shape index (κ1) is 24.6. The molecule has 0 aliphatic heterocycles. The van der Waals surface area contributed by atoms with Gasteiger partial charge in [-0.3, -0.25) is 0 Å². The summed E-state index contributed by atoms with van der Waals surface area (Å²) in [6.07, 6.45) is 7.20. The minimum Gasteiger partial charge on any atom is -0.472 e. The van der Waals surface area contributed by atoms with Crippen LogP contribution in [-0.4, -0.2) is 24.0 Å². The number of benzene rings is 3. The van der Waals surface area contributed by atoms with Crippen molar-refractivity contribution in [1.82, 2.24) is 19.6 Å². The van der Waals surface area contributed by atoms with Crippen molar-refractivity contribution in [3.8, 4) is 16.8 Å². The molecule has 1 unspecified atom stereocenters. The molecular formula is C29H23FN4O4S. The molecule has 1 saturated carbocycles. The third-order valence-corrected chi connectivity index (χ3v) is 8.26. The van der Waals surface area contributed by atoms with Crippen molar-refractivity contribution in [3.63, 3.8) is 0 Å². The lowest BCUT2D eigenvalue weighted by molar-refractivity contribution is 0.239. The lowest BCUT2D eigenvalue weighted by Gasteiger charge is -2.22. The second-order valence-electron chi connectivity index (χ2n) is 9.31. The zero-order valence-corrected chi connectivity index (χ0v) is 21.3. The van der Waals surface area contributed by atoms with E-state index in [-0.39, 0.29) is 5.92 Å². The minimum atomic E-state index is -4.45. The standard InChI is InChI=1S/C29H23FN4O4S/c30-25-8-4-5-9-26(25)39(36,37)33-28(35)32-29(18-24(29)21-6-2-1-3-7-21)27-31-15-16-34(27)23-12-10-20(11-13-23)22-14-17-38-19-22/h1-17,19,24H,18H2,(H2,32,33,35)/t24?,29-/m0/s1. The van der Waals surface area contributed by atoms with Crippen LogP contribution in [0.5, 0.6) is 0 Å². The summed E-state index contributed by atoms with van der Waals surface area (Å²) in [5.41, 5.74) is 2.72. The number of amides is 2. The van der Waals surface area contributed by atoms with E-state index in [2.05, 4.69) is 10.3 Å². The van der Waals surface area contributed by atoms with Crippen LogP contribution in [0.1, 0.15) is 23.7 Å². The zero-order valence-electron chi connectivity index (χ0n) is 20.5. The Morgan fingerprint density at radius 3 is 2.44 bits per heavy atom. The van der Waals surface area contributed by atoms with E-state index in [1.165, 1.54) is 12.1 Å². The maximum Gasteiger partial charge on any atom is 0.329 e. The van der Waals surface area contributed by atoms with Crippen molar-refractivity contribution in [2.75, 3.05) is 0 Å². The predicted molar refractivity (Wildman–Crippen MR) is 142 cm³/mol. The van der Waals surface area contributed by atoms with Gasteiger partial charge in [-0.15, -0.1) is 0 Å². The highest BCUT2D eigenvalue weighted by Crippen LogP contribution is 2.58. The van der Waals surface area contributed by atoms with E-state index in [0.29, 0.717) is 12.2 Å². The Morgan fingerprint density at radius 1 is 0.974 bits per heavy atom. The highest BCUT2D eigenvalue weighted by molar-refractivity contribution is 7.90. The summed E-state index contributed by atoms with van der Waals surface area (Å²) < 4.78 is 48.8. The van der Waals surface area contributed by atoms with E-state index in [1.807, 2.05) is 70.0 Å². The highest BCUT2D eigenvalue weighted by atomic mass is 32.2. The molecule has 2 atom stereocenters. The molecule has 0 radical (unpaired) electrons. The smallest absolute Gasteiger partial charge is 0.329 e. The number of carbonyl (C=O) groups is 1. The molecule has 0 saturated heterocycles. The molecule has 1 fully saturated rings. The Kier molecular flexibility index (Phi) is 6.03. The molecule has 10 heteroatoms. The van der Waals surface area contributed by atoms with Gasteiger partial charge in [0.1, 0.15) is 22.1 Å². The summed E-state index contributed by atoms with van der Waals surface area (Å²) in [6.45, 7) is 0. The summed E-state index contributed by atoms with van der Waals surface area (Å²) in [6, 6.07) is 23.2. The lowest BCUT2D eigenvalue weighted by Crippen LogP contribution is -2.46. The van der Waals surface area contributed by atoms with Crippen molar-refractivity contribution in [2.24, 2.45) is 0 Å². The quantitative estimate of drug-likeness (QED) is 0.289. The molecule has 39 heavy (non-hydrogen) atoms. The fourth-order valence-corrected chi connectivity index (χ4v) is 5.93. The number of nitrogens with one attached hydrogen (secondary N) is 2. The molecule has 6 rings (SSSR count). The zero-order chi connectivity index (χ0) is 27.0. The first-order valence-electron chi connectivity index (χ1n) is 12.2. The minimum absolute atomic E-state index is 0.160. The van der Waals surface area contributed by atoms with Crippen molar-refractivity contribution in [3.05, 3.63) is 127 Å². The van der Waals surface area contributed by atoms with Gasteiger partial charge >= 0.3 is 6.03 Å². The van der Waals surface area contributed by atoms with Gasteiger partial charge in [-0.05, 0) is 47.9 Å². The summed E-state index contributed by atoms with van der Waals surface area (Å²) in [7, 11) is -4.45. The second-order valence-corrected chi connectivity index (χ2v) is 11.0. The molecule has 2 amide bonds. The molecule has 8 nitrogen and oxygen atoms in total. The molecule has 0 spiro atoms. The number of halogens is 1. The predicted octanol–water partition coefficient (Wildman–Crippen LogP) is 5.34. The summed E-state index contributed by atoms with van der Waals surface area (Å²) in [5, 5.41) is 2.86.